The van der Waals surface area contributed by atoms with E-state index in [0.29, 0.717) is 42.3 Å². The minimum absolute atomic E-state index is 0.438. The van der Waals surface area contributed by atoms with Gasteiger partial charge in [-0.25, -0.2) is 15.3 Å². The van der Waals surface area contributed by atoms with Gasteiger partial charge >= 0.3 is 5.24 Å². The first kappa shape index (κ1) is 21.7. The molecule has 3 N–H and O–H groups in total. The van der Waals surface area contributed by atoms with Gasteiger partial charge in [0.25, 0.3) is 6.08 Å². The summed E-state index contributed by atoms with van der Waals surface area (Å²) < 4.78 is 5.98. The van der Waals surface area contributed by atoms with E-state index >= 15 is 0 Å². The number of carbonyl (C=O) groups is 1. The Morgan fingerprint density at radius 1 is 1.19 bits per heavy atom. The van der Waals surface area contributed by atoms with E-state index < -0.39 is 10.8 Å². The number of para-hydroxylation sites is 1. The quantitative estimate of drug-likeness (QED) is 0.139. The SMILES string of the molecule is O=C=NN(c1cc2ccccc2o1)C1(C#Cc2ccc(SC(=O)NO)cc2)CCNCC1. The number of carbonyl (C=O) groups excluding carboxylic acids is 2. The van der Waals surface area contributed by atoms with E-state index in [1.165, 1.54) is 0 Å². The Bertz CT molecular complexity index is 1180. The molecule has 0 saturated carbocycles. The van der Waals surface area contributed by atoms with Crippen molar-refractivity contribution in [2.45, 2.75) is 23.3 Å². The number of nitrogens with one attached hydrogen (secondary N) is 2. The zero-order chi connectivity index (χ0) is 22.4. The Labute approximate surface area is 188 Å². The van der Waals surface area contributed by atoms with Crippen molar-refractivity contribution < 1.29 is 19.2 Å². The fourth-order valence-electron chi connectivity index (χ4n) is 3.62. The number of hydrazone groups is 1. The number of nitrogens with zero attached hydrogens (tertiary/aromatic N) is 2. The van der Waals surface area contributed by atoms with Gasteiger partial charge in [0.1, 0.15) is 11.1 Å². The molecule has 8 nitrogen and oxygen atoms in total. The number of hydrogen-bond acceptors (Lipinski definition) is 8. The lowest BCUT2D eigenvalue weighted by atomic mass is 9.87. The highest BCUT2D eigenvalue weighted by Gasteiger charge is 2.39. The molecule has 0 bridgehead atoms. The molecule has 0 spiro atoms. The predicted octanol–water partition coefficient (Wildman–Crippen LogP) is 3.85. The monoisotopic (exact) mass is 448 g/mol. The van der Waals surface area contributed by atoms with Crippen LogP contribution in [0.15, 0.2) is 69.0 Å². The maximum atomic E-state index is 11.3. The second-order valence-corrected chi connectivity index (χ2v) is 8.23. The number of rotatable bonds is 4. The molecule has 1 aliphatic rings. The zero-order valence-electron chi connectivity index (χ0n) is 17.0. The van der Waals surface area contributed by atoms with Gasteiger partial charge in [0.05, 0.1) is 0 Å². The van der Waals surface area contributed by atoms with Crippen molar-refractivity contribution in [1.29, 1.82) is 0 Å². The maximum absolute atomic E-state index is 11.3. The molecule has 0 unspecified atom stereocenters. The van der Waals surface area contributed by atoms with Crippen molar-refractivity contribution in [1.82, 2.24) is 10.8 Å². The lowest BCUT2D eigenvalue weighted by Gasteiger charge is -2.38. The van der Waals surface area contributed by atoms with Crippen LogP contribution in [-0.4, -0.2) is 35.2 Å². The second kappa shape index (κ2) is 9.73. The molecule has 1 aromatic heterocycles. The Balaban J connectivity index is 1.68. The summed E-state index contributed by atoms with van der Waals surface area (Å²) in [5.74, 6) is 6.95. The van der Waals surface area contributed by atoms with E-state index in [-0.39, 0.29) is 0 Å². The lowest BCUT2D eigenvalue weighted by Crippen LogP contribution is -2.52. The number of amides is 1. The molecule has 0 aliphatic carbocycles. The first-order valence-corrected chi connectivity index (χ1v) is 10.8. The van der Waals surface area contributed by atoms with Gasteiger partial charge in [-0.15, -0.1) is 0 Å². The number of thioether (sulfide) groups is 1. The van der Waals surface area contributed by atoms with Gasteiger partial charge in [0, 0.05) is 21.9 Å². The molecule has 2 heterocycles. The van der Waals surface area contributed by atoms with E-state index in [0.717, 1.165) is 22.7 Å². The fraction of sp³-hybridized carbons (Fsp3) is 0.217. The van der Waals surface area contributed by atoms with Crippen molar-refractivity contribution >= 4 is 39.9 Å². The van der Waals surface area contributed by atoms with Crippen LogP contribution in [0.5, 0.6) is 0 Å². The number of furan rings is 1. The third-order valence-corrected chi connectivity index (χ3v) is 5.98. The first-order chi connectivity index (χ1) is 15.6. The third kappa shape index (κ3) is 4.69. The smallest absolute Gasteiger partial charge is 0.307 e. The zero-order valence-corrected chi connectivity index (χ0v) is 17.8. The van der Waals surface area contributed by atoms with Crippen LogP contribution >= 0.6 is 11.8 Å². The van der Waals surface area contributed by atoms with Crippen LogP contribution in [0.2, 0.25) is 0 Å². The minimum atomic E-state index is -0.749. The molecule has 0 atom stereocenters. The Kier molecular flexibility index (Phi) is 6.59. The summed E-state index contributed by atoms with van der Waals surface area (Å²) in [5.41, 5.74) is 2.28. The van der Waals surface area contributed by atoms with E-state index in [1.54, 1.807) is 40.8 Å². The van der Waals surface area contributed by atoms with Gasteiger partial charge in [0.15, 0.2) is 0 Å². The van der Waals surface area contributed by atoms with E-state index in [9.17, 15) is 9.59 Å². The Hall–Kier alpha value is -3.54. The molecular weight excluding hydrogens is 428 g/mol. The van der Waals surface area contributed by atoms with Crippen molar-refractivity contribution in [3.8, 4) is 11.8 Å². The van der Waals surface area contributed by atoms with Gasteiger partial charge in [0.2, 0.25) is 5.88 Å². The van der Waals surface area contributed by atoms with E-state index in [4.69, 9.17) is 9.62 Å². The molecule has 1 fully saturated rings. The lowest BCUT2D eigenvalue weighted by molar-refractivity contribution is 0.180. The summed E-state index contributed by atoms with van der Waals surface area (Å²) >= 11 is 0.873. The molecule has 9 heteroatoms. The number of hydroxylamine groups is 1. The standard InChI is InChI=1S/C23H20N4O4S/c28-16-25-27(21-15-18-3-1-2-4-20(18)31-21)23(11-13-24-14-12-23)10-9-17-5-7-19(8-6-17)32-22(29)26-30/h1-8,15,24,30H,11-14H2,(H,26,29). The summed E-state index contributed by atoms with van der Waals surface area (Å²) in [6.45, 7) is 1.43. The van der Waals surface area contributed by atoms with Crippen molar-refractivity contribution in [3.63, 3.8) is 0 Å². The minimum Gasteiger partial charge on any atom is -0.439 e. The van der Waals surface area contributed by atoms with Gasteiger partial charge in [-0.05, 0) is 68.0 Å². The molecule has 0 radical (unpaired) electrons. The maximum Gasteiger partial charge on any atom is 0.307 e. The van der Waals surface area contributed by atoms with Gasteiger partial charge in [-0.3, -0.25) is 10.0 Å². The third-order valence-electron chi connectivity index (χ3n) is 5.19. The number of piperidine rings is 1. The average Bonchev–Trinajstić information content (AvgIpc) is 3.26. The van der Waals surface area contributed by atoms with Crippen LogP contribution < -0.4 is 15.8 Å². The Morgan fingerprint density at radius 2 is 1.94 bits per heavy atom. The highest BCUT2D eigenvalue weighted by molar-refractivity contribution is 8.13. The van der Waals surface area contributed by atoms with Crippen molar-refractivity contribution in [2.24, 2.45) is 5.10 Å². The molecule has 1 aliphatic heterocycles. The topological polar surface area (TPSA) is 107 Å². The summed E-state index contributed by atoms with van der Waals surface area (Å²) in [7, 11) is 0. The largest absolute Gasteiger partial charge is 0.439 e. The summed E-state index contributed by atoms with van der Waals surface area (Å²) in [4.78, 5) is 23.3. The average molecular weight is 449 g/mol. The van der Waals surface area contributed by atoms with Crippen LogP contribution in [0.3, 0.4) is 0 Å². The summed E-state index contributed by atoms with van der Waals surface area (Å²) in [6, 6.07) is 16.5. The number of fused-ring (bicyclic) bond motifs is 1. The Morgan fingerprint density at radius 3 is 2.62 bits per heavy atom. The molecule has 3 aromatic rings. The molecule has 1 saturated heterocycles. The predicted molar refractivity (Wildman–Crippen MR) is 121 cm³/mol. The van der Waals surface area contributed by atoms with Crippen LogP contribution in [0, 0.1) is 11.8 Å². The highest BCUT2D eigenvalue weighted by Crippen LogP contribution is 2.35. The van der Waals surface area contributed by atoms with Gasteiger partial charge in [-0.2, -0.15) is 0 Å². The van der Waals surface area contributed by atoms with Crippen LogP contribution in [0.1, 0.15) is 18.4 Å². The summed E-state index contributed by atoms with van der Waals surface area (Å²) in [6.07, 6.45) is 2.92. The molecule has 32 heavy (non-hydrogen) atoms. The van der Waals surface area contributed by atoms with Gasteiger partial charge in [-0.1, -0.05) is 35.1 Å². The molecule has 162 valence electrons. The number of benzene rings is 2. The molecule has 1 amide bonds. The van der Waals surface area contributed by atoms with E-state index in [1.807, 2.05) is 30.3 Å². The van der Waals surface area contributed by atoms with Crippen LogP contribution in [0.4, 0.5) is 10.7 Å². The second-order valence-electron chi connectivity index (χ2n) is 7.18. The molecule has 2 aromatic carbocycles. The molecular formula is C23H20N4O4S. The molecule has 4 rings (SSSR count). The highest BCUT2D eigenvalue weighted by atomic mass is 32.2. The number of anilines is 1. The van der Waals surface area contributed by atoms with Crippen molar-refractivity contribution in [2.75, 3.05) is 18.1 Å². The van der Waals surface area contributed by atoms with E-state index in [2.05, 4.69) is 22.3 Å². The van der Waals surface area contributed by atoms with Crippen LogP contribution in [0.25, 0.3) is 11.0 Å². The summed E-state index contributed by atoms with van der Waals surface area (Å²) in [5, 5.41) is 17.8. The number of isocyanates is 1. The number of hydrogen-bond donors (Lipinski definition) is 3. The van der Waals surface area contributed by atoms with Gasteiger partial charge < -0.3 is 9.73 Å². The first-order valence-electron chi connectivity index (χ1n) is 9.96. The van der Waals surface area contributed by atoms with Crippen molar-refractivity contribution in [3.05, 3.63) is 60.2 Å². The fourth-order valence-corrected chi connectivity index (χ4v) is 4.16. The normalized spacial score (nSPS) is 14.7. The van der Waals surface area contributed by atoms with Crippen LogP contribution in [-0.2, 0) is 4.79 Å².